The standard InChI is InChI=1S/C17H18N2OS/c1-11(2)19-17(20)16-8-7-15(21-16)14-10-18-9-12-5-3-4-6-13(12)14/h4,6-11H,3,5H2,1-2H3,(H,19,20). The number of nitrogens with one attached hydrogen (secondary N) is 1. The van der Waals surface area contributed by atoms with Gasteiger partial charge >= 0.3 is 0 Å². The highest BCUT2D eigenvalue weighted by Crippen LogP contribution is 2.34. The number of thiophene rings is 1. The minimum absolute atomic E-state index is 0.00505. The number of aromatic nitrogens is 1. The first-order chi connectivity index (χ1) is 10.1. The largest absolute Gasteiger partial charge is 0.349 e. The zero-order chi connectivity index (χ0) is 14.8. The Morgan fingerprint density at radius 2 is 2.19 bits per heavy atom. The molecule has 1 amide bonds. The average molecular weight is 298 g/mol. The Labute approximate surface area is 128 Å². The molecule has 0 spiro atoms. The van der Waals surface area contributed by atoms with Crippen molar-refractivity contribution in [1.29, 1.82) is 0 Å². The van der Waals surface area contributed by atoms with Crippen molar-refractivity contribution in [2.45, 2.75) is 32.7 Å². The summed E-state index contributed by atoms with van der Waals surface area (Å²) in [5.41, 5.74) is 3.66. The van der Waals surface area contributed by atoms with Crippen molar-refractivity contribution >= 4 is 23.3 Å². The second-order valence-electron chi connectivity index (χ2n) is 5.49. The van der Waals surface area contributed by atoms with E-state index in [1.54, 1.807) is 0 Å². The van der Waals surface area contributed by atoms with Crippen molar-refractivity contribution in [3.63, 3.8) is 0 Å². The Morgan fingerprint density at radius 1 is 1.33 bits per heavy atom. The molecule has 0 aliphatic heterocycles. The lowest BCUT2D eigenvalue weighted by atomic mass is 9.95. The van der Waals surface area contributed by atoms with Gasteiger partial charge in [0.1, 0.15) is 0 Å². The number of hydrogen-bond donors (Lipinski definition) is 1. The van der Waals surface area contributed by atoms with E-state index in [9.17, 15) is 4.79 Å². The van der Waals surface area contributed by atoms with Gasteiger partial charge in [0, 0.05) is 28.9 Å². The van der Waals surface area contributed by atoms with Gasteiger partial charge in [0.15, 0.2) is 0 Å². The first-order valence-corrected chi connectivity index (χ1v) is 8.01. The van der Waals surface area contributed by atoms with E-state index in [0.29, 0.717) is 0 Å². The van der Waals surface area contributed by atoms with Crippen molar-refractivity contribution in [3.8, 4) is 10.4 Å². The van der Waals surface area contributed by atoms with E-state index in [4.69, 9.17) is 0 Å². The number of hydrogen-bond acceptors (Lipinski definition) is 3. The summed E-state index contributed by atoms with van der Waals surface area (Å²) in [5.74, 6) is -0.00505. The molecule has 0 radical (unpaired) electrons. The average Bonchev–Trinajstić information content (AvgIpc) is 2.95. The number of aryl methyl sites for hydroxylation is 1. The van der Waals surface area contributed by atoms with Gasteiger partial charge in [-0.05, 0) is 49.9 Å². The Kier molecular flexibility index (Phi) is 3.88. The van der Waals surface area contributed by atoms with Crippen LogP contribution >= 0.6 is 11.3 Å². The summed E-state index contributed by atoms with van der Waals surface area (Å²) in [7, 11) is 0. The number of carbonyl (C=O) groups excluding carboxylic acids is 1. The molecule has 0 aromatic carbocycles. The summed E-state index contributed by atoms with van der Waals surface area (Å²) in [6.45, 7) is 3.93. The van der Waals surface area contributed by atoms with Gasteiger partial charge in [-0.25, -0.2) is 0 Å². The second-order valence-corrected chi connectivity index (χ2v) is 6.58. The zero-order valence-corrected chi connectivity index (χ0v) is 13.0. The van der Waals surface area contributed by atoms with Gasteiger partial charge < -0.3 is 5.32 Å². The lowest BCUT2D eigenvalue weighted by molar-refractivity contribution is 0.0947. The fourth-order valence-electron chi connectivity index (χ4n) is 2.48. The molecule has 1 aliphatic rings. The third-order valence-corrected chi connectivity index (χ3v) is 4.57. The van der Waals surface area contributed by atoms with Crippen molar-refractivity contribution in [2.24, 2.45) is 0 Å². The molecule has 2 aromatic heterocycles. The second kappa shape index (κ2) is 5.82. The van der Waals surface area contributed by atoms with Crippen molar-refractivity contribution in [1.82, 2.24) is 10.3 Å². The first-order valence-electron chi connectivity index (χ1n) is 7.19. The van der Waals surface area contributed by atoms with E-state index in [1.807, 2.05) is 38.4 Å². The number of fused-ring (bicyclic) bond motifs is 1. The van der Waals surface area contributed by atoms with E-state index in [1.165, 1.54) is 22.5 Å². The van der Waals surface area contributed by atoms with Gasteiger partial charge in [-0.1, -0.05) is 12.2 Å². The number of amides is 1. The lowest BCUT2D eigenvalue weighted by Crippen LogP contribution is -2.29. The third-order valence-electron chi connectivity index (χ3n) is 3.45. The summed E-state index contributed by atoms with van der Waals surface area (Å²) in [6.07, 6.45) is 10.3. The quantitative estimate of drug-likeness (QED) is 0.933. The van der Waals surface area contributed by atoms with Gasteiger partial charge in [0.2, 0.25) is 0 Å². The Bertz CT molecular complexity index is 701. The molecular weight excluding hydrogens is 280 g/mol. The molecule has 0 unspecified atom stereocenters. The molecule has 1 N–H and O–H groups in total. The smallest absolute Gasteiger partial charge is 0.261 e. The normalized spacial score (nSPS) is 13.3. The van der Waals surface area contributed by atoms with E-state index < -0.39 is 0 Å². The van der Waals surface area contributed by atoms with Gasteiger partial charge in [-0.3, -0.25) is 9.78 Å². The summed E-state index contributed by atoms with van der Waals surface area (Å²) >= 11 is 1.52. The number of pyridine rings is 1. The molecule has 0 fully saturated rings. The topological polar surface area (TPSA) is 42.0 Å². The van der Waals surface area contributed by atoms with Crippen LogP contribution in [0, 0.1) is 0 Å². The minimum Gasteiger partial charge on any atom is -0.349 e. The molecule has 0 saturated carbocycles. The maximum Gasteiger partial charge on any atom is 0.261 e. The van der Waals surface area contributed by atoms with E-state index in [-0.39, 0.29) is 11.9 Å². The Balaban J connectivity index is 1.94. The molecule has 4 heteroatoms. The van der Waals surface area contributed by atoms with Gasteiger partial charge in [-0.2, -0.15) is 0 Å². The summed E-state index contributed by atoms with van der Waals surface area (Å²) < 4.78 is 0. The number of carbonyl (C=O) groups is 1. The van der Waals surface area contributed by atoms with Gasteiger partial charge in [0.25, 0.3) is 5.91 Å². The van der Waals surface area contributed by atoms with Crippen LogP contribution in [0.3, 0.4) is 0 Å². The molecule has 2 aromatic rings. The predicted molar refractivity (Wildman–Crippen MR) is 87.5 cm³/mol. The Hall–Kier alpha value is -1.94. The molecule has 0 bridgehead atoms. The third kappa shape index (κ3) is 2.90. The fourth-order valence-corrected chi connectivity index (χ4v) is 3.42. The van der Waals surface area contributed by atoms with Crippen LogP contribution in [-0.2, 0) is 6.42 Å². The SMILES string of the molecule is CC(C)NC(=O)c1ccc(-c2cncc3c2C=CCC3)s1. The molecule has 21 heavy (non-hydrogen) atoms. The molecule has 0 atom stereocenters. The zero-order valence-electron chi connectivity index (χ0n) is 12.2. The van der Waals surface area contributed by atoms with Crippen LogP contribution in [0.1, 0.15) is 41.1 Å². The number of nitrogens with zero attached hydrogens (tertiary/aromatic N) is 1. The summed E-state index contributed by atoms with van der Waals surface area (Å²) in [5, 5.41) is 2.93. The lowest BCUT2D eigenvalue weighted by Gasteiger charge is -2.13. The molecular formula is C17H18N2OS. The molecule has 1 aliphatic carbocycles. The van der Waals surface area contributed by atoms with Crippen molar-refractivity contribution < 1.29 is 4.79 Å². The highest BCUT2D eigenvalue weighted by molar-refractivity contribution is 7.17. The van der Waals surface area contributed by atoms with Gasteiger partial charge in [-0.15, -0.1) is 11.3 Å². The van der Waals surface area contributed by atoms with Crippen molar-refractivity contribution in [2.75, 3.05) is 0 Å². The van der Waals surface area contributed by atoms with Crippen LogP contribution in [0.2, 0.25) is 0 Å². The summed E-state index contributed by atoms with van der Waals surface area (Å²) in [4.78, 5) is 18.3. The maximum absolute atomic E-state index is 12.1. The highest BCUT2D eigenvalue weighted by atomic mass is 32.1. The molecule has 108 valence electrons. The minimum atomic E-state index is -0.00505. The van der Waals surface area contributed by atoms with Gasteiger partial charge in [0.05, 0.1) is 4.88 Å². The van der Waals surface area contributed by atoms with Crippen molar-refractivity contribution in [3.05, 3.63) is 46.6 Å². The molecule has 3 rings (SSSR count). The van der Waals surface area contributed by atoms with Crippen LogP contribution in [0.4, 0.5) is 0 Å². The monoisotopic (exact) mass is 298 g/mol. The van der Waals surface area contributed by atoms with E-state index >= 15 is 0 Å². The van der Waals surface area contributed by atoms with Crippen LogP contribution < -0.4 is 5.32 Å². The molecule has 3 nitrogen and oxygen atoms in total. The van der Waals surface area contributed by atoms with E-state index in [2.05, 4.69) is 22.5 Å². The number of allylic oxidation sites excluding steroid dienone is 1. The Morgan fingerprint density at radius 3 is 3.00 bits per heavy atom. The van der Waals surface area contributed by atoms with E-state index in [0.717, 1.165) is 28.2 Å². The van der Waals surface area contributed by atoms with Crippen LogP contribution in [-0.4, -0.2) is 16.9 Å². The van der Waals surface area contributed by atoms with Crippen LogP contribution in [0.25, 0.3) is 16.5 Å². The first kappa shape index (κ1) is 14.0. The van der Waals surface area contributed by atoms with Crippen LogP contribution in [0.15, 0.2) is 30.6 Å². The number of rotatable bonds is 3. The maximum atomic E-state index is 12.1. The van der Waals surface area contributed by atoms with Crippen LogP contribution in [0.5, 0.6) is 0 Å². The highest BCUT2D eigenvalue weighted by Gasteiger charge is 2.15. The predicted octanol–water partition coefficient (Wildman–Crippen LogP) is 3.91. The summed E-state index contributed by atoms with van der Waals surface area (Å²) in [6, 6.07) is 4.06. The molecule has 0 saturated heterocycles. The fraction of sp³-hybridized carbons (Fsp3) is 0.294. The molecule has 2 heterocycles.